The lowest BCUT2D eigenvalue weighted by molar-refractivity contribution is -0.0245. The van der Waals surface area contributed by atoms with Gasteiger partial charge in [-0.25, -0.2) is 0 Å². The number of H-pyrrole nitrogens is 1. The van der Waals surface area contributed by atoms with E-state index < -0.39 is 0 Å². The number of aromatic amines is 1. The summed E-state index contributed by atoms with van der Waals surface area (Å²) in [6.45, 7) is 2.77. The Labute approximate surface area is 124 Å². The van der Waals surface area contributed by atoms with E-state index in [4.69, 9.17) is 9.47 Å². The Hall–Kier alpha value is -1.81. The Kier molecular flexibility index (Phi) is 3.97. The van der Waals surface area contributed by atoms with E-state index in [2.05, 4.69) is 4.98 Å². The summed E-state index contributed by atoms with van der Waals surface area (Å²) in [5.74, 6) is 1.44. The number of carbonyl (C=O) groups excluding carboxylic acids is 1. The highest BCUT2D eigenvalue weighted by Crippen LogP contribution is 2.34. The molecule has 1 heterocycles. The number of nitrogens with one attached hydrogen (secondary N) is 1. The number of aromatic nitrogens is 1. The van der Waals surface area contributed by atoms with Gasteiger partial charge in [0.1, 0.15) is 5.75 Å². The number of hydrogen-bond donors (Lipinski definition) is 1. The van der Waals surface area contributed by atoms with Crippen molar-refractivity contribution in [2.45, 2.75) is 32.3 Å². The van der Waals surface area contributed by atoms with Crippen LogP contribution in [0.25, 0.3) is 10.9 Å². The molecule has 0 aliphatic heterocycles. The molecule has 4 heteroatoms. The molecule has 3 rings (SSSR count). The lowest BCUT2D eigenvalue weighted by Crippen LogP contribution is -2.32. The summed E-state index contributed by atoms with van der Waals surface area (Å²) in [4.78, 5) is 15.6. The van der Waals surface area contributed by atoms with Crippen molar-refractivity contribution in [2.75, 3.05) is 13.7 Å². The maximum absolute atomic E-state index is 12.5. The lowest BCUT2D eigenvalue weighted by Gasteiger charge is -2.34. The Balaban J connectivity index is 1.70. The predicted molar refractivity (Wildman–Crippen MR) is 81.9 cm³/mol. The number of hydrogen-bond acceptors (Lipinski definition) is 3. The van der Waals surface area contributed by atoms with Crippen molar-refractivity contribution in [2.24, 2.45) is 5.92 Å². The molecule has 1 aliphatic rings. The van der Waals surface area contributed by atoms with Gasteiger partial charge in [-0.3, -0.25) is 4.79 Å². The van der Waals surface area contributed by atoms with Crippen LogP contribution in [-0.2, 0) is 4.74 Å². The van der Waals surface area contributed by atoms with Crippen molar-refractivity contribution >= 4 is 16.7 Å². The molecule has 1 aliphatic carbocycles. The van der Waals surface area contributed by atoms with Gasteiger partial charge in [-0.1, -0.05) is 0 Å². The first-order chi connectivity index (χ1) is 10.2. The summed E-state index contributed by atoms with van der Waals surface area (Å²) in [6.07, 6.45) is 4.78. The fraction of sp³-hybridized carbons (Fsp3) is 0.471. The van der Waals surface area contributed by atoms with E-state index in [9.17, 15) is 4.79 Å². The molecule has 1 N–H and O–H groups in total. The second-order valence-electron chi connectivity index (χ2n) is 5.66. The van der Waals surface area contributed by atoms with Crippen LogP contribution in [0.4, 0.5) is 0 Å². The predicted octanol–water partition coefficient (Wildman–Crippen LogP) is 3.56. The van der Waals surface area contributed by atoms with Crippen LogP contribution in [0.5, 0.6) is 5.75 Å². The van der Waals surface area contributed by atoms with Gasteiger partial charge in [0.15, 0.2) is 5.78 Å². The van der Waals surface area contributed by atoms with Gasteiger partial charge in [0.2, 0.25) is 0 Å². The number of Topliss-reactive ketones (excluding diaryl/α,β-unsaturated/α-hetero) is 1. The van der Waals surface area contributed by atoms with E-state index in [-0.39, 0.29) is 5.78 Å². The highest BCUT2D eigenvalue weighted by molar-refractivity contribution is 6.08. The standard InChI is InChI=1S/C17H21NO3/c1-3-21-13-6-11(7-13)8-17(19)15-10-18-16-5-4-12(20-2)9-14(15)16/h4-5,9-11,13,18H,3,6-8H2,1-2H3. The molecule has 21 heavy (non-hydrogen) atoms. The molecule has 0 amide bonds. The molecule has 0 radical (unpaired) electrons. The molecule has 1 saturated carbocycles. The third kappa shape index (κ3) is 2.81. The molecular formula is C17H21NO3. The number of methoxy groups -OCH3 is 1. The normalized spacial score (nSPS) is 21.2. The Bertz CT molecular complexity index is 641. The summed E-state index contributed by atoms with van der Waals surface area (Å²) < 4.78 is 10.8. The van der Waals surface area contributed by atoms with Gasteiger partial charge in [-0.2, -0.15) is 0 Å². The lowest BCUT2D eigenvalue weighted by atomic mass is 9.78. The average molecular weight is 287 g/mol. The minimum absolute atomic E-state index is 0.203. The second-order valence-corrected chi connectivity index (χ2v) is 5.66. The smallest absolute Gasteiger partial charge is 0.165 e. The largest absolute Gasteiger partial charge is 0.497 e. The summed E-state index contributed by atoms with van der Waals surface area (Å²) >= 11 is 0. The number of fused-ring (bicyclic) bond motifs is 1. The molecule has 2 aromatic rings. The molecule has 1 aromatic heterocycles. The van der Waals surface area contributed by atoms with E-state index in [1.54, 1.807) is 7.11 Å². The summed E-state index contributed by atoms with van der Waals surface area (Å²) in [5, 5.41) is 0.944. The zero-order chi connectivity index (χ0) is 14.8. The number of ether oxygens (including phenoxy) is 2. The summed E-state index contributed by atoms with van der Waals surface area (Å²) in [5.41, 5.74) is 1.74. The molecule has 112 valence electrons. The first kappa shape index (κ1) is 14.1. The quantitative estimate of drug-likeness (QED) is 0.826. The van der Waals surface area contributed by atoms with Crippen LogP contribution < -0.4 is 4.74 Å². The highest BCUT2D eigenvalue weighted by Gasteiger charge is 2.31. The van der Waals surface area contributed by atoms with Crippen molar-refractivity contribution in [1.82, 2.24) is 4.98 Å². The number of rotatable bonds is 6. The second kappa shape index (κ2) is 5.90. The zero-order valence-electron chi connectivity index (χ0n) is 12.5. The van der Waals surface area contributed by atoms with Gasteiger partial charge in [0.25, 0.3) is 0 Å². The summed E-state index contributed by atoms with van der Waals surface area (Å²) in [6, 6.07) is 5.76. The molecule has 4 nitrogen and oxygen atoms in total. The van der Waals surface area contributed by atoms with E-state index in [1.165, 1.54) is 0 Å². The summed E-state index contributed by atoms with van der Waals surface area (Å²) in [7, 11) is 1.64. The monoisotopic (exact) mass is 287 g/mol. The highest BCUT2D eigenvalue weighted by atomic mass is 16.5. The molecule has 0 atom stereocenters. The average Bonchev–Trinajstić information content (AvgIpc) is 2.87. The topological polar surface area (TPSA) is 51.3 Å². The fourth-order valence-corrected chi connectivity index (χ4v) is 3.04. The van der Waals surface area contributed by atoms with Crippen molar-refractivity contribution in [3.8, 4) is 5.75 Å². The van der Waals surface area contributed by atoms with Crippen LogP contribution in [0, 0.1) is 5.92 Å². The van der Waals surface area contributed by atoms with E-state index in [1.807, 2.05) is 31.3 Å². The van der Waals surface area contributed by atoms with Crippen LogP contribution in [0.2, 0.25) is 0 Å². The number of benzene rings is 1. The number of ketones is 1. The molecular weight excluding hydrogens is 266 g/mol. The first-order valence-electron chi connectivity index (χ1n) is 7.51. The Morgan fingerprint density at radius 2 is 2.19 bits per heavy atom. The van der Waals surface area contributed by atoms with Crippen LogP contribution >= 0.6 is 0 Å². The van der Waals surface area contributed by atoms with E-state index in [0.717, 1.165) is 41.7 Å². The molecule has 0 unspecified atom stereocenters. The first-order valence-corrected chi connectivity index (χ1v) is 7.51. The molecule has 1 fully saturated rings. The minimum Gasteiger partial charge on any atom is -0.497 e. The molecule has 0 saturated heterocycles. The van der Waals surface area contributed by atoms with Crippen molar-refractivity contribution in [1.29, 1.82) is 0 Å². The van der Waals surface area contributed by atoms with E-state index >= 15 is 0 Å². The number of carbonyl (C=O) groups is 1. The van der Waals surface area contributed by atoms with Crippen molar-refractivity contribution in [3.05, 3.63) is 30.0 Å². The molecule has 0 spiro atoms. The Morgan fingerprint density at radius 3 is 2.90 bits per heavy atom. The maximum Gasteiger partial charge on any atom is 0.165 e. The maximum atomic E-state index is 12.5. The van der Waals surface area contributed by atoms with Gasteiger partial charge in [-0.05, 0) is 43.9 Å². The van der Waals surface area contributed by atoms with Gasteiger partial charge < -0.3 is 14.5 Å². The van der Waals surface area contributed by atoms with Crippen LogP contribution in [0.1, 0.15) is 36.5 Å². The van der Waals surface area contributed by atoms with Crippen molar-refractivity contribution < 1.29 is 14.3 Å². The van der Waals surface area contributed by atoms with Gasteiger partial charge >= 0.3 is 0 Å². The fourth-order valence-electron chi connectivity index (χ4n) is 3.04. The van der Waals surface area contributed by atoms with Gasteiger partial charge in [0, 0.05) is 35.7 Å². The van der Waals surface area contributed by atoms with Crippen molar-refractivity contribution in [3.63, 3.8) is 0 Å². The molecule has 0 bridgehead atoms. The van der Waals surface area contributed by atoms with Gasteiger partial charge in [0.05, 0.1) is 13.2 Å². The Morgan fingerprint density at radius 1 is 1.38 bits per heavy atom. The van der Waals surface area contributed by atoms with Crippen LogP contribution in [-0.4, -0.2) is 30.6 Å². The third-order valence-corrected chi connectivity index (χ3v) is 4.26. The van der Waals surface area contributed by atoms with Gasteiger partial charge in [-0.15, -0.1) is 0 Å². The van der Waals surface area contributed by atoms with Crippen LogP contribution in [0.15, 0.2) is 24.4 Å². The minimum atomic E-state index is 0.203. The molecule has 1 aromatic carbocycles. The zero-order valence-corrected chi connectivity index (χ0v) is 12.5. The SMILES string of the molecule is CCOC1CC(CC(=O)c2c[nH]c3ccc(OC)cc23)C1. The van der Waals surface area contributed by atoms with Crippen LogP contribution in [0.3, 0.4) is 0 Å². The van der Waals surface area contributed by atoms with E-state index in [0.29, 0.717) is 18.4 Å². The third-order valence-electron chi connectivity index (χ3n) is 4.26.